The van der Waals surface area contributed by atoms with Crippen LogP contribution in [0.4, 0.5) is 0 Å². The molecule has 0 aliphatic carbocycles. The van der Waals surface area contributed by atoms with Gasteiger partial charge in [-0.25, -0.2) is 0 Å². The Labute approximate surface area is 140 Å². The van der Waals surface area contributed by atoms with Crippen LogP contribution in [0.25, 0.3) is 6.08 Å². The highest BCUT2D eigenvalue weighted by molar-refractivity contribution is 6.89. The summed E-state index contributed by atoms with van der Waals surface area (Å²) in [5, 5.41) is 1.60. The summed E-state index contributed by atoms with van der Waals surface area (Å²) >= 11 is 0. The van der Waals surface area contributed by atoms with Crippen molar-refractivity contribution in [3.63, 3.8) is 0 Å². The van der Waals surface area contributed by atoms with E-state index in [0.717, 1.165) is 0 Å². The molecule has 0 N–H and O–H groups in total. The molecular formula is C21H36Si. The second kappa shape index (κ2) is 10.8. The number of hydrogen-bond donors (Lipinski definition) is 0. The predicted octanol–water partition coefficient (Wildman–Crippen LogP) is 6.78. The average Bonchev–Trinajstić information content (AvgIpc) is 2.53. The minimum Gasteiger partial charge on any atom is -0.0985 e. The molecule has 0 fully saturated rings. The van der Waals surface area contributed by atoms with Crippen LogP contribution in [0, 0.1) is 0 Å². The Morgan fingerprint density at radius 1 is 0.818 bits per heavy atom. The van der Waals surface area contributed by atoms with Crippen molar-refractivity contribution in [2.24, 2.45) is 0 Å². The zero-order valence-corrected chi connectivity index (χ0v) is 16.2. The van der Waals surface area contributed by atoms with E-state index < -0.39 is 8.07 Å². The summed E-state index contributed by atoms with van der Waals surface area (Å²) in [6.45, 7) is 11.2. The molecule has 0 amide bonds. The maximum absolute atomic E-state index is 3.84. The van der Waals surface area contributed by atoms with Crippen molar-refractivity contribution in [2.45, 2.75) is 83.8 Å². The Hall–Kier alpha value is -0.823. The summed E-state index contributed by atoms with van der Waals surface area (Å²) in [6.07, 6.45) is 14.8. The SMILES string of the molecule is C=Cc1ccc([Si](C)(C)CCCCCCCCCCC)cc1. The van der Waals surface area contributed by atoms with Crippen LogP contribution in [0.1, 0.15) is 70.3 Å². The fourth-order valence-corrected chi connectivity index (χ4v) is 5.58. The first-order valence-corrected chi connectivity index (χ1v) is 12.5. The topological polar surface area (TPSA) is 0 Å². The molecule has 0 radical (unpaired) electrons. The van der Waals surface area contributed by atoms with Crippen LogP contribution in [-0.2, 0) is 0 Å². The summed E-state index contributed by atoms with van der Waals surface area (Å²) in [5.74, 6) is 0. The van der Waals surface area contributed by atoms with E-state index in [1.165, 1.54) is 69.4 Å². The van der Waals surface area contributed by atoms with Gasteiger partial charge in [-0.15, -0.1) is 0 Å². The molecule has 0 saturated heterocycles. The van der Waals surface area contributed by atoms with Gasteiger partial charge in [0.05, 0.1) is 8.07 Å². The van der Waals surface area contributed by atoms with Crippen LogP contribution >= 0.6 is 0 Å². The third-order valence-corrected chi connectivity index (χ3v) is 8.33. The summed E-state index contributed by atoms with van der Waals surface area (Å²) in [6, 6.07) is 10.5. The fourth-order valence-electron chi connectivity index (χ4n) is 3.09. The summed E-state index contributed by atoms with van der Waals surface area (Å²) in [5.41, 5.74) is 1.23. The van der Waals surface area contributed by atoms with Crippen LogP contribution < -0.4 is 5.19 Å². The van der Waals surface area contributed by atoms with Crippen LogP contribution in [0.2, 0.25) is 19.1 Å². The first-order valence-electron chi connectivity index (χ1n) is 9.33. The molecule has 0 aromatic heterocycles. The minimum atomic E-state index is -1.24. The van der Waals surface area contributed by atoms with Gasteiger partial charge in [-0.3, -0.25) is 0 Å². The molecule has 1 rings (SSSR count). The summed E-state index contributed by atoms with van der Waals surface area (Å²) in [4.78, 5) is 0. The maximum Gasteiger partial charge on any atom is 0.0806 e. The zero-order chi connectivity index (χ0) is 16.3. The second-order valence-electron chi connectivity index (χ2n) is 7.29. The quantitative estimate of drug-likeness (QED) is 0.294. The van der Waals surface area contributed by atoms with Gasteiger partial charge in [0, 0.05) is 0 Å². The van der Waals surface area contributed by atoms with Crippen LogP contribution in [0.5, 0.6) is 0 Å². The second-order valence-corrected chi connectivity index (χ2v) is 12.1. The van der Waals surface area contributed by atoms with E-state index >= 15 is 0 Å². The Morgan fingerprint density at radius 3 is 1.82 bits per heavy atom. The van der Waals surface area contributed by atoms with Gasteiger partial charge in [0.15, 0.2) is 0 Å². The Balaban J connectivity index is 2.18. The monoisotopic (exact) mass is 316 g/mol. The average molecular weight is 317 g/mol. The molecule has 1 heteroatoms. The lowest BCUT2D eigenvalue weighted by molar-refractivity contribution is 0.571. The molecule has 1 aromatic rings. The van der Waals surface area contributed by atoms with Gasteiger partial charge in [-0.05, 0) is 5.56 Å². The Bertz CT molecular complexity index is 402. The van der Waals surface area contributed by atoms with E-state index in [-0.39, 0.29) is 0 Å². The van der Waals surface area contributed by atoms with Gasteiger partial charge in [0.1, 0.15) is 0 Å². The van der Waals surface area contributed by atoms with Gasteiger partial charge in [-0.1, -0.05) is 126 Å². The predicted molar refractivity (Wildman–Crippen MR) is 106 cm³/mol. The summed E-state index contributed by atoms with van der Waals surface area (Å²) in [7, 11) is -1.24. The Kier molecular flexibility index (Phi) is 9.46. The highest BCUT2D eigenvalue weighted by Crippen LogP contribution is 2.17. The van der Waals surface area contributed by atoms with E-state index in [1.54, 1.807) is 5.19 Å². The summed E-state index contributed by atoms with van der Waals surface area (Å²) < 4.78 is 0. The van der Waals surface area contributed by atoms with Crippen molar-refractivity contribution >= 4 is 19.3 Å². The highest BCUT2D eigenvalue weighted by atomic mass is 28.3. The van der Waals surface area contributed by atoms with Gasteiger partial charge in [0.25, 0.3) is 0 Å². The van der Waals surface area contributed by atoms with Gasteiger partial charge < -0.3 is 0 Å². The van der Waals surface area contributed by atoms with Crippen molar-refractivity contribution in [2.75, 3.05) is 0 Å². The van der Waals surface area contributed by atoms with E-state index in [4.69, 9.17) is 0 Å². The number of unbranched alkanes of at least 4 members (excludes halogenated alkanes) is 8. The first kappa shape index (κ1) is 19.2. The van der Waals surface area contributed by atoms with Crippen molar-refractivity contribution in [1.82, 2.24) is 0 Å². The highest BCUT2D eigenvalue weighted by Gasteiger charge is 2.22. The van der Waals surface area contributed by atoms with Crippen molar-refractivity contribution < 1.29 is 0 Å². The largest absolute Gasteiger partial charge is 0.0985 e. The zero-order valence-electron chi connectivity index (χ0n) is 15.2. The van der Waals surface area contributed by atoms with Gasteiger partial charge >= 0.3 is 0 Å². The van der Waals surface area contributed by atoms with Crippen LogP contribution in [0.3, 0.4) is 0 Å². The lowest BCUT2D eigenvalue weighted by Gasteiger charge is -2.23. The number of rotatable bonds is 12. The van der Waals surface area contributed by atoms with E-state index in [9.17, 15) is 0 Å². The number of benzene rings is 1. The molecule has 124 valence electrons. The van der Waals surface area contributed by atoms with Gasteiger partial charge in [-0.2, -0.15) is 0 Å². The van der Waals surface area contributed by atoms with Crippen LogP contribution in [-0.4, -0.2) is 8.07 Å². The third kappa shape index (κ3) is 7.44. The van der Waals surface area contributed by atoms with Gasteiger partial charge in [0.2, 0.25) is 0 Å². The standard InChI is InChI=1S/C21H36Si/c1-5-7-8-9-10-11-12-13-14-19-22(3,4)21-17-15-20(6-2)16-18-21/h6,15-18H,2,5,7-14,19H2,1,3-4H3. The molecule has 0 unspecified atom stereocenters. The smallest absolute Gasteiger partial charge is 0.0806 e. The van der Waals surface area contributed by atoms with Crippen molar-refractivity contribution in [3.8, 4) is 0 Å². The lowest BCUT2D eigenvalue weighted by atomic mass is 10.1. The van der Waals surface area contributed by atoms with Crippen LogP contribution in [0.15, 0.2) is 30.8 Å². The molecule has 0 aliphatic rings. The maximum atomic E-state index is 3.84. The molecule has 0 atom stereocenters. The normalized spacial score (nSPS) is 11.6. The molecule has 22 heavy (non-hydrogen) atoms. The molecular weight excluding hydrogens is 280 g/mol. The Morgan fingerprint density at radius 2 is 1.32 bits per heavy atom. The fraction of sp³-hybridized carbons (Fsp3) is 0.619. The minimum absolute atomic E-state index is 1.23. The van der Waals surface area contributed by atoms with Crippen molar-refractivity contribution in [1.29, 1.82) is 0 Å². The number of hydrogen-bond acceptors (Lipinski definition) is 0. The molecule has 0 nitrogen and oxygen atoms in total. The first-order chi connectivity index (χ1) is 10.6. The van der Waals surface area contributed by atoms with Crippen molar-refractivity contribution in [3.05, 3.63) is 36.4 Å². The van der Waals surface area contributed by atoms with E-state index in [0.29, 0.717) is 0 Å². The molecule has 1 aromatic carbocycles. The molecule has 0 spiro atoms. The molecule has 0 heterocycles. The third-order valence-electron chi connectivity index (χ3n) is 4.83. The van der Waals surface area contributed by atoms with E-state index in [1.807, 2.05) is 6.08 Å². The van der Waals surface area contributed by atoms with E-state index in [2.05, 4.69) is 50.9 Å². The molecule has 0 bridgehead atoms. The molecule has 0 saturated carbocycles. The molecule has 0 aliphatic heterocycles. The lowest BCUT2D eigenvalue weighted by Crippen LogP contribution is -2.40.